The van der Waals surface area contributed by atoms with Crippen LogP contribution >= 0.6 is 27.3 Å². The number of allylic oxidation sites excluding steroid dienone is 1. The fourth-order valence-corrected chi connectivity index (χ4v) is 3.99. The van der Waals surface area contributed by atoms with E-state index in [1.54, 1.807) is 18.2 Å². The number of hydrogen-bond donors (Lipinski definition) is 0. The van der Waals surface area contributed by atoms with Gasteiger partial charge in [-0.2, -0.15) is 5.26 Å². The molecule has 5 nitrogen and oxygen atoms in total. The van der Waals surface area contributed by atoms with E-state index < -0.39 is 0 Å². The van der Waals surface area contributed by atoms with Crippen LogP contribution in [0, 0.1) is 17.1 Å². The van der Waals surface area contributed by atoms with Gasteiger partial charge in [0.15, 0.2) is 5.13 Å². The molecule has 0 aliphatic carbocycles. The highest BCUT2D eigenvalue weighted by molar-refractivity contribution is 9.10. The lowest BCUT2D eigenvalue weighted by molar-refractivity contribution is 0.628. The van der Waals surface area contributed by atoms with E-state index in [2.05, 4.69) is 20.9 Å². The summed E-state index contributed by atoms with van der Waals surface area (Å²) in [6.07, 6.45) is 5.01. The van der Waals surface area contributed by atoms with Crippen molar-refractivity contribution >= 4 is 49.9 Å². The Balaban J connectivity index is 1.79. The SMILES string of the molecule is CN(c1nc(-c2ccc(F)cc2)cs1)c1c(C=CC#N)nc2ccc(Br)cn12. The van der Waals surface area contributed by atoms with Gasteiger partial charge in [0.1, 0.15) is 23.0 Å². The minimum absolute atomic E-state index is 0.276. The highest BCUT2D eigenvalue weighted by Crippen LogP contribution is 2.34. The number of imidazole rings is 1. The van der Waals surface area contributed by atoms with Crippen molar-refractivity contribution in [3.05, 3.63) is 70.0 Å². The van der Waals surface area contributed by atoms with E-state index in [1.165, 1.54) is 29.5 Å². The van der Waals surface area contributed by atoms with E-state index in [0.717, 1.165) is 32.3 Å². The molecule has 4 rings (SSSR count). The molecule has 0 radical (unpaired) electrons. The van der Waals surface area contributed by atoms with Gasteiger partial charge in [-0.3, -0.25) is 4.40 Å². The van der Waals surface area contributed by atoms with Crippen molar-refractivity contribution in [2.75, 3.05) is 11.9 Å². The van der Waals surface area contributed by atoms with Crippen molar-refractivity contribution in [2.45, 2.75) is 0 Å². The minimum atomic E-state index is -0.276. The predicted octanol–water partition coefficient (Wildman–Crippen LogP) is 5.66. The third-order valence-corrected chi connectivity index (χ3v) is 5.52. The average molecular weight is 454 g/mol. The largest absolute Gasteiger partial charge is 0.305 e. The second kappa shape index (κ2) is 7.54. The molecule has 8 heteroatoms. The summed E-state index contributed by atoms with van der Waals surface area (Å²) in [5.41, 5.74) is 3.05. The zero-order valence-electron chi connectivity index (χ0n) is 14.7. The number of hydrogen-bond acceptors (Lipinski definition) is 5. The normalized spacial score (nSPS) is 11.2. The lowest BCUT2D eigenvalue weighted by atomic mass is 10.2. The molecular formula is C20H13BrFN5S. The van der Waals surface area contributed by atoms with E-state index in [0.29, 0.717) is 5.69 Å². The second-order valence-electron chi connectivity index (χ2n) is 5.94. The van der Waals surface area contributed by atoms with Crippen molar-refractivity contribution in [2.24, 2.45) is 0 Å². The number of nitrogens with zero attached hydrogens (tertiary/aromatic N) is 5. The van der Waals surface area contributed by atoms with Gasteiger partial charge in [0.05, 0.1) is 11.8 Å². The summed E-state index contributed by atoms with van der Waals surface area (Å²) in [6.45, 7) is 0. The molecule has 0 aliphatic rings. The molecule has 3 heterocycles. The number of pyridine rings is 1. The smallest absolute Gasteiger partial charge is 0.191 e. The Morgan fingerprint density at radius 2 is 2.00 bits per heavy atom. The molecule has 0 unspecified atom stereocenters. The molecule has 3 aromatic heterocycles. The lowest BCUT2D eigenvalue weighted by Gasteiger charge is -2.16. The molecule has 0 spiro atoms. The summed E-state index contributed by atoms with van der Waals surface area (Å²) >= 11 is 4.97. The van der Waals surface area contributed by atoms with Crippen LogP contribution in [0.1, 0.15) is 5.69 Å². The van der Waals surface area contributed by atoms with Gasteiger partial charge in [0.2, 0.25) is 0 Å². The maximum absolute atomic E-state index is 13.2. The van der Waals surface area contributed by atoms with Crippen LogP contribution in [0.25, 0.3) is 23.0 Å². The van der Waals surface area contributed by atoms with Crippen molar-refractivity contribution in [3.63, 3.8) is 0 Å². The molecule has 138 valence electrons. The molecule has 0 atom stereocenters. The lowest BCUT2D eigenvalue weighted by Crippen LogP contribution is -2.12. The summed E-state index contributed by atoms with van der Waals surface area (Å²) in [5.74, 6) is 0.518. The van der Waals surface area contributed by atoms with Crippen LogP contribution in [-0.2, 0) is 0 Å². The van der Waals surface area contributed by atoms with Crippen molar-refractivity contribution in [1.82, 2.24) is 14.4 Å². The van der Waals surface area contributed by atoms with Crippen molar-refractivity contribution in [1.29, 1.82) is 5.26 Å². The molecule has 0 saturated heterocycles. The topological polar surface area (TPSA) is 57.2 Å². The fraction of sp³-hybridized carbons (Fsp3) is 0.0500. The van der Waals surface area contributed by atoms with E-state index in [-0.39, 0.29) is 5.82 Å². The molecule has 0 fully saturated rings. The maximum atomic E-state index is 13.2. The van der Waals surface area contributed by atoms with Gasteiger partial charge in [0.25, 0.3) is 0 Å². The Morgan fingerprint density at radius 3 is 2.75 bits per heavy atom. The maximum Gasteiger partial charge on any atom is 0.191 e. The zero-order chi connectivity index (χ0) is 19.7. The number of fused-ring (bicyclic) bond motifs is 1. The average Bonchev–Trinajstić information content (AvgIpc) is 3.31. The van der Waals surface area contributed by atoms with Crippen LogP contribution < -0.4 is 4.90 Å². The second-order valence-corrected chi connectivity index (χ2v) is 7.69. The van der Waals surface area contributed by atoms with Crippen LogP contribution in [-0.4, -0.2) is 21.4 Å². The Bertz CT molecular complexity index is 1220. The van der Waals surface area contributed by atoms with E-state index in [9.17, 15) is 4.39 Å². The number of thiazole rings is 1. The molecule has 0 aliphatic heterocycles. The molecular weight excluding hydrogens is 441 g/mol. The zero-order valence-corrected chi connectivity index (χ0v) is 17.1. The molecule has 0 bridgehead atoms. The third kappa shape index (κ3) is 3.42. The van der Waals surface area contributed by atoms with Gasteiger partial charge < -0.3 is 4.90 Å². The Hall–Kier alpha value is -3.02. The Kier molecular flexibility index (Phi) is 4.94. The summed E-state index contributed by atoms with van der Waals surface area (Å²) in [4.78, 5) is 11.2. The first-order valence-corrected chi connectivity index (χ1v) is 9.93. The number of nitriles is 1. The van der Waals surface area contributed by atoms with Gasteiger partial charge in [-0.25, -0.2) is 14.4 Å². The van der Waals surface area contributed by atoms with Gasteiger partial charge in [0, 0.05) is 34.7 Å². The highest BCUT2D eigenvalue weighted by atomic mass is 79.9. The summed E-state index contributed by atoms with van der Waals surface area (Å²) in [6, 6.07) is 12.1. The van der Waals surface area contributed by atoms with Gasteiger partial charge in [-0.05, 0) is 58.4 Å². The molecule has 1 aromatic carbocycles. The number of aromatic nitrogens is 3. The van der Waals surface area contributed by atoms with Crippen molar-refractivity contribution < 1.29 is 4.39 Å². The molecule has 4 aromatic rings. The van der Waals surface area contributed by atoms with Gasteiger partial charge in [-0.15, -0.1) is 11.3 Å². The summed E-state index contributed by atoms with van der Waals surface area (Å²) in [5, 5.41) is 11.6. The molecule has 28 heavy (non-hydrogen) atoms. The van der Waals surface area contributed by atoms with Crippen LogP contribution in [0.3, 0.4) is 0 Å². The number of benzene rings is 1. The number of rotatable bonds is 4. The standard InChI is InChI=1S/C20H13BrFN5S/c1-26(20-25-17(12-28-20)13-4-7-15(22)8-5-13)19-16(3-2-10-23)24-18-9-6-14(21)11-27(18)19/h2-9,11-12H,1H3. The number of anilines is 2. The van der Waals surface area contributed by atoms with Crippen LogP contribution in [0.15, 0.2) is 58.5 Å². The number of halogens is 2. The van der Waals surface area contributed by atoms with Crippen LogP contribution in [0.4, 0.5) is 15.3 Å². The van der Waals surface area contributed by atoms with E-state index in [4.69, 9.17) is 10.2 Å². The van der Waals surface area contributed by atoms with E-state index in [1.807, 2.05) is 46.1 Å². The molecule has 0 N–H and O–H groups in total. The first-order valence-electron chi connectivity index (χ1n) is 8.26. The minimum Gasteiger partial charge on any atom is -0.305 e. The van der Waals surface area contributed by atoms with Crippen LogP contribution in [0.5, 0.6) is 0 Å². The molecule has 0 saturated carbocycles. The highest BCUT2D eigenvalue weighted by Gasteiger charge is 2.19. The third-order valence-electron chi connectivity index (χ3n) is 4.14. The Morgan fingerprint density at radius 1 is 1.21 bits per heavy atom. The van der Waals surface area contributed by atoms with Gasteiger partial charge >= 0.3 is 0 Å². The molecule has 0 amide bonds. The van der Waals surface area contributed by atoms with Gasteiger partial charge in [-0.1, -0.05) is 0 Å². The van der Waals surface area contributed by atoms with E-state index >= 15 is 0 Å². The van der Waals surface area contributed by atoms with Crippen LogP contribution in [0.2, 0.25) is 0 Å². The van der Waals surface area contributed by atoms with Crippen molar-refractivity contribution in [3.8, 4) is 17.3 Å². The fourth-order valence-electron chi connectivity index (χ4n) is 2.85. The summed E-state index contributed by atoms with van der Waals surface area (Å²) in [7, 11) is 1.90. The quantitative estimate of drug-likeness (QED) is 0.373. The summed E-state index contributed by atoms with van der Waals surface area (Å²) < 4.78 is 16.0. The first-order chi connectivity index (χ1) is 13.6. The monoisotopic (exact) mass is 453 g/mol. The predicted molar refractivity (Wildman–Crippen MR) is 113 cm³/mol. The first kappa shape index (κ1) is 18.3. The Labute approximate surface area is 173 Å².